The van der Waals surface area contributed by atoms with E-state index in [1.54, 1.807) is 31.3 Å². The summed E-state index contributed by atoms with van der Waals surface area (Å²) < 4.78 is 26.4. The molecule has 0 aliphatic rings. The van der Waals surface area contributed by atoms with Crippen molar-refractivity contribution in [2.75, 3.05) is 13.7 Å². The molecule has 0 aliphatic carbocycles. The van der Waals surface area contributed by atoms with Crippen molar-refractivity contribution in [2.45, 2.75) is 44.0 Å². The summed E-state index contributed by atoms with van der Waals surface area (Å²) in [7, 11) is -1.84. The van der Waals surface area contributed by atoms with Crippen LogP contribution in [0.1, 0.15) is 38.7 Å². The molecular formula is C16H23NO3S. The second-order valence-corrected chi connectivity index (χ2v) is 6.96. The minimum atomic E-state index is -3.46. The number of hydrogen-bond acceptors (Lipinski definition) is 3. The summed E-state index contributed by atoms with van der Waals surface area (Å²) in [6, 6.07) is 6.51. The number of aliphatic hydroxyl groups excluding tert-OH is 1. The second-order valence-electron chi connectivity index (χ2n) is 4.96. The monoisotopic (exact) mass is 309 g/mol. The molecule has 0 fully saturated rings. The molecule has 1 aromatic carbocycles. The summed E-state index contributed by atoms with van der Waals surface area (Å²) in [5, 5.41) is 8.66. The summed E-state index contributed by atoms with van der Waals surface area (Å²) in [5.41, 5.74) is 0.742. The highest BCUT2D eigenvalue weighted by Gasteiger charge is 2.24. The molecule has 5 heteroatoms. The lowest BCUT2D eigenvalue weighted by atomic mass is 10.2. The first-order valence-electron chi connectivity index (χ1n) is 7.11. The first-order chi connectivity index (χ1) is 9.93. The minimum absolute atomic E-state index is 0.0241. The van der Waals surface area contributed by atoms with E-state index in [1.165, 1.54) is 4.31 Å². The average Bonchev–Trinajstić information content (AvgIpc) is 2.47. The first kappa shape index (κ1) is 17.7. The van der Waals surface area contributed by atoms with Gasteiger partial charge in [-0.05, 0) is 37.6 Å². The van der Waals surface area contributed by atoms with E-state index in [1.807, 2.05) is 13.8 Å². The van der Waals surface area contributed by atoms with Crippen LogP contribution in [0.25, 0.3) is 0 Å². The third-order valence-corrected chi connectivity index (χ3v) is 5.31. The van der Waals surface area contributed by atoms with Crippen molar-refractivity contribution in [3.05, 3.63) is 29.8 Å². The van der Waals surface area contributed by atoms with Gasteiger partial charge in [0.2, 0.25) is 10.0 Å². The Bertz CT molecular complexity index is 597. The molecule has 4 nitrogen and oxygen atoms in total. The molecule has 1 atom stereocenters. The maximum absolute atomic E-state index is 12.5. The molecule has 0 heterocycles. The Balaban J connectivity index is 2.92. The maximum atomic E-state index is 12.5. The van der Waals surface area contributed by atoms with Gasteiger partial charge in [0.1, 0.15) is 0 Å². The number of sulfonamides is 1. The SMILES string of the molecule is CCCC(C)N(C)S(=O)(=O)c1ccc(C#CCCO)cc1. The molecule has 1 N–H and O–H groups in total. The molecule has 0 saturated carbocycles. The summed E-state index contributed by atoms with van der Waals surface area (Å²) in [6.45, 7) is 3.98. The van der Waals surface area contributed by atoms with Crippen LogP contribution in [0.5, 0.6) is 0 Å². The van der Waals surface area contributed by atoms with Crippen LogP contribution < -0.4 is 0 Å². The summed E-state index contributed by atoms with van der Waals surface area (Å²) in [4.78, 5) is 0.278. The van der Waals surface area contributed by atoms with Gasteiger partial charge >= 0.3 is 0 Å². The van der Waals surface area contributed by atoms with Gasteiger partial charge in [-0.1, -0.05) is 25.2 Å². The van der Waals surface area contributed by atoms with Crippen LogP contribution in [0, 0.1) is 11.8 Å². The molecule has 0 aliphatic heterocycles. The predicted molar refractivity (Wildman–Crippen MR) is 84.3 cm³/mol. The van der Waals surface area contributed by atoms with E-state index in [9.17, 15) is 8.42 Å². The predicted octanol–water partition coefficient (Wildman–Crippen LogP) is 2.23. The van der Waals surface area contributed by atoms with Crippen LogP contribution in [0.2, 0.25) is 0 Å². The van der Waals surface area contributed by atoms with Gasteiger partial charge in [0.05, 0.1) is 11.5 Å². The van der Waals surface area contributed by atoms with Crippen molar-refractivity contribution >= 4 is 10.0 Å². The molecular weight excluding hydrogens is 286 g/mol. The molecule has 0 radical (unpaired) electrons. The van der Waals surface area contributed by atoms with Gasteiger partial charge in [-0.25, -0.2) is 8.42 Å². The Labute approximate surface area is 127 Å². The topological polar surface area (TPSA) is 57.6 Å². The Morgan fingerprint density at radius 2 is 1.90 bits per heavy atom. The zero-order valence-electron chi connectivity index (χ0n) is 12.8. The van der Waals surface area contributed by atoms with Crippen LogP contribution in [0.3, 0.4) is 0 Å². The highest BCUT2D eigenvalue weighted by atomic mass is 32.2. The average molecular weight is 309 g/mol. The van der Waals surface area contributed by atoms with Gasteiger partial charge < -0.3 is 5.11 Å². The fourth-order valence-corrected chi connectivity index (χ4v) is 3.33. The van der Waals surface area contributed by atoms with Crippen LogP contribution in [-0.4, -0.2) is 37.5 Å². The molecule has 1 rings (SSSR count). The Hall–Kier alpha value is -1.35. The summed E-state index contributed by atoms with van der Waals surface area (Å²) in [5.74, 6) is 5.69. The lowest BCUT2D eigenvalue weighted by Gasteiger charge is -2.23. The first-order valence-corrected chi connectivity index (χ1v) is 8.55. The van der Waals surface area contributed by atoms with Crippen LogP contribution >= 0.6 is 0 Å². The van der Waals surface area contributed by atoms with Gasteiger partial charge in [-0.15, -0.1) is 0 Å². The number of hydrogen-bond donors (Lipinski definition) is 1. The molecule has 0 aromatic heterocycles. The Morgan fingerprint density at radius 3 is 2.43 bits per heavy atom. The molecule has 0 spiro atoms. The number of aliphatic hydroxyl groups is 1. The van der Waals surface area contributed by atoms with Crippen molar-refractivity contribution in [1.29, 1.82) is 0 Å². The lowest BCUT2D eigenvalue weighted by Crippen LogP contribution is -2.34. The van der Waals surface area contributed by atoms with Gasteiger partial charge in [0.25, 0.3) is 0 Å². The smallest absolute Gasteiger partial charge is 0.243 e. The molecule has 0 bridgehead atoms. The van der Waals surface area contributed by atoms with Gasteiger partial charge in [0.15, 0.2) is 0 Å². The van der Waals surface area contributed by atoms with E-state index in [0.29, 0.717) is 6.42 Å². The van der Waals surface area contributed by atoms with Crippen molar-refractivity contribution in [1.82, 2.24) is 4.31 Å². The third-order valence-electron chi connectivity index (χ3n) is 3.33. The molecule has 0 saturated heterocycles. The normalized spacial score (nSPS) is 12.8. The third kappa shape index (κ3) is 4.85. The molecule has 1 aromatic rings. The van der Waals surface area contributed by atoms with Gasteiger partial charge in [-0.3, -0.25) is 0 Å². The van der Waals surface area contributed by atoms with E-state index in [0.717, 1.165) is 18.4 Å². The van der Waals surface area contributed by atoms with Crippen molar-refractivity contribution in [3.8, 4) is 11.8 Å². The molecule has 1 unspecified atom stereocenters. The second kappa shape index (κ2) is 8.18. The number of nitrogens with zero attached hydrogens (tertiary/aromatic N) is 1. The molecule has 0 amide bonds. The van der Waals surface area contributed by atoms with Crippen molar-refractivity contribution < 1.29 is 13.5 Å². The van der Waals surface area contributed by atoms with Gasteiger partial charge in [-0.2, -0.15) is 4.31 Å². The van der Waals surface area contributed by atoms with Crippen LogP contribution in [-0.2, 0) is 10.0 Å². The highest BCUT2D eigenvalue weighted by molar-refractivity contribution is 7.89. The maximum Gasteiger partial charge on any atom is 0.243 e. The molecule has 116 valence electrons. The zero-order valence-corrected chi connectivity index (χ0v) is 13.7. The Morgan fingerprint density at radius 1 is 1.29 bits per heavy atom. The standard InChI is InChI=1S/C16H23NO3S/c1-4-7-14(2)17(3)21(19,20)16-11-9-15(10-12-16)8-5-6-13-18/h9-12,14,18H,4,6-7,13H2,1-3H3. The minimum Gasteiger partial charge on any atom is -0.395 e. The number of rotatable bonds is 6. The van der Waals surface area contributed by atoms with Crippen molar-refractivity contribution in [3.63, 3.8) is 0 Å². The zero-order chi connectivity index (χ0) is 15.9. The summed E-state index contributed by atoms with van der Waals surface area (Å²) >= 11 is 0. The van der Waals surface area contributed by atoms with E-state index in [-0.39, 0.29) is 17.5 Å². The Kier molecular flexibility index (Phi) is 6.90. The number of benzene rings is 1. The largest absolute Gasteiger partial charge is 0.395 e. The fourth-order valence-electron chi connectivity index (χ4n) is 1.93. The van der Waals surface area contributed by atoms with E-state index >= 15 is 0 Å². The van der Waals surface area contributed by atoms with Crippen molar-refractivity contribution in [2.24, 2.45) is 0 Å². The fraction of sp³-hybridized carbons (Fsp3) is 0.500. The van der Waals surface area contributed by atoms with E-state index in [4.69, 9.17) is 5.11 Å². The van der Waals surface area contributed by atoms with Crippen LogP contribution in [0.15, 0.2) is 29.2 Å². The van der Waals surface area contributed by atoms with E-state index < -0.39 is 10.0 Å². The highest BCUT2D eigenvalue weighted by Crippen LogP contribution is 2.18. The lowest BCUT2D eigenvalue weighted by molar-refractivity contribution is 0.305. The summed E-state index contributed by atoms with van der Waals surface area (Å²) in [6.07, 6.45) is 2.19. The quantitative estimate of drug-likeness (QED) is 0.820. The van der Waals surface area contributed by atoms with Gasteiger partial charge in [0, 0.05) is 25.1 Å². The van der Waals surface area contributed by atoms with Crippen LogP contribution in [0.4, 0.5) is 0 Å². The van der Waals surface area contributed by atoms with E-state index in [2.05, 4.69) is 11.8 Å². The molecule has 21 heavy (non-hydrogen) atoms.